The van der Waals surface area contributed by atoms with Crippen LogP contribution in [0, 0.1) is 41.9 Å². The van der Waals surface area contributed by atoms with E-state index in [1.807, 2.05) is 44.2 Å². The van der Waals surface area contributed by atoms with Gasteiger partial charge in [-0.1, -0.05) is 27.7 Å². The van der Waals surface area contributed by atoms with Crippen LogP contribution in [0.1, 0.15) is 77.9 Å². The summed E-state index contributed by atoms with van der Waals surface area (Å²) in [6, 6.07) is 17.8. The number of piperidine rings is 1. The first-order valence-corrected chi connectivity index (χ1v) is 18.2. The number of nitriles is 1. The molecule has 51 heavy (non-hydrogen) atoms. The molecule has 1 aliphatic carbocycles. The quantitative estimate of drug-likeness (QED) is 0.270. The minimum Gasteiger partial charge on any atom is -0.489 e. The van der Waals surface area contributed by atoms with Crippen LogP contribution in [-0.4, -0.2) is 86.8 Å². The van der Waals surface area contributed by atoms with Gasteiger partial charge >= 0.3 is 5.97 Å². The highest BCUT2D eigenvalue weighted by Gasteiger charge is 2.64. The number of nitrogens with zero attached hydrogens (tertiary/aromatic N) is 5. The average molecular weight is 693 g/mol. The minimum absolute atomic E-state index is 0.0657. The van der Waals surface area contributed by atoms with Gasteiger partial charge in [0, 0.05) is 80.1 Å². The Morgan fingerprint density at radius 3 is 2.04 bits per heavy atom. The summed E-state index contributed by atoms with van der Waals surface area (Å²) >= 11 is 0. The number of carbonyl (C=O) groups is 2. The Kier molecular flexibility index (Phi) is 10.3. The van der Waals surface area contributed by atoms with E-state index in [1.165, 1.54) is 7.11 Å². The van der Waals surface area contributed by atoms with E-state index >= 15 is 0 Å². The van der Waals surface area contributed by atoms with Gasteiger partial charge in [-0.15, -0.1) is 0 Å². The molecular weight excluding hydrogens is 640 g/mol. The van der Waals surface area contributed by atoms with Gasteiger partial charge in [0.1, 0.15) is 17.7 Å². The van der Waals surface area contributed by atoms with Crippen molar-refractivity contribution in [3.63, 3.8) is 0 Å². The van der Waals surface area contributed by atoms with E-state index in [0.29, 0.717) is 22.6 Å². The van der Waals surface area contributed by atoms with Gasteiger partial charge in [-0.3, -0.25) is 9.69 Å². The number of aromatic nitrogens is 1. The van der Waals surface area contributed by atoms with Gasteiger partial charge in [0.15, 0.2) is 0 Å². The number of methoxy groups -OCH3 is 1. The van der Waals surface area contributed by atoms with Crippen molar-refractivity contribution in [2.45, 2.75) is 66.5 Å². The standard InChI is InChI=1S/C41H52N6O4/c1-27-22-33(23-28(2)34(27)24-42)51-39-40(3,4)38(41(39,5)6)44-36(48)30-8-11-32(12-9-30)46-16-14-29(15-17-46)26-45-18-20-47(21-19-45)35-13-10-31(25-43-35)37(49)50-7/h8-13,22-23,25,29,38-39H,14-21,26H2,1-7H3,(H,44,48)/t38-,39-. The molecule has 3 aromatic rings. The molecule has 1 aromatic heterocycles. The number of hydrogen-bond acceptors (Lipinski definition) is 9. The molecule has 0 radical (unpaired) electrons. The zero-order chi connectivity index (χ0) is 36.5. The summed E-state index contributed by atoms with van der Waals surface area (Å²) in [5.74, 6) is 1.90. The van der Waals surface area contributed by atoms with E-state index in [9.17, 15) is 14.9 Å². The summed E-state index contributed by atoms with van der Waals surface area (Å²) in [5, 5.41) is 12.8. The first-order valence-electron chi connectivity index (χ1n) is 18.2. The number of nitrogens with one attached hydrogen (secondary N) is 1. The summed E-state index contributed by atoms with van der Waals surface area (Å²) in [7, 11) is 1.38. The van der Waals surface area contributed by atoms with Crippen molar-refractivity contribution in [1.82, 2.24) is 15.2 Å². The first kappa shape index (κ1) is 36.2. The molecule has 0 spiro atoms. The van der Waals surface area contributed by atoms with Crippen LogP contribution < -0.4 is 19.9 Å². The van der Waals surface area contributed by atoms with Gasteiger partial charge < -0.3 is 24.6 Å². The van der Waals surface area contributed by atoms with Crippen molar-refractivity contribution < 1.29 is 19.1 Å². The molecule has 2 saturated heterocycles. The molecule has 1 N–H and O–H groups in total. The topological polar surface area (TPSA) is 111 Å². The third-order valence-corrected chi connectivity index (χ3v) is 11.5. The first-order chi connectivity index (χ1) is 24.3. The number of hydrogen-bond donors (Lipinski definition) is 1. The third-order valence-electron chi connectivity index (χ3n) is 11.5. The lowest BCUT2D eigenvalue weighted by atomic mass is 9.49. The van der Waals surface area contributed by atoms with Crippen LogP contribution in [0.4, 0.5) is 11.5 Å². The van der Waals surface area contributed by atoms with Gasteiger partial charge in [0.25, 0.3) is 5.91 Å². The molecule has 1 amide bonds. The molecule has 3 aliphatic rings. The number of pyridine rings is 1. The fraction of sp³-hybridized carbons (Fsp3) is 0.512. The molecule has 3 heterocycles. The largest absolute Gasteiger partial charge is 0.489 e. The minimum atomic E-state index is -0.365. The fourth-order valence-electron chi connectivity index (χ4n) is 8.85. The fourth-order valence-corrected chi connectivity index (χ4v) is 8.85. The maximum absolute atomic E-state index is 13.5. The Morgan fingerprint density at radius 2 is 1.49 bits per heavy atom. The number of rotatable bonds is 9. The van der Waals surface area contributed by atoms with Crippen molar-refractivity contribution in [3.8, 4) is 11.8 Å². The number of aryl methyl sites for hydroxylation is 2. The second-order valence-corrected chi connectivity index (χ2v) is 15.8. The van der Waals surface area contributed by atoms with Crippen LogP contribution in [0.15, 0.2) is 54.7 Å². The molecular formula is C41H52N6O4. The SMILES string of the molecule is COC(=O)c1ccc(N2CCN(CC3CCN(c4ccc(C(=O)N[C@H]5C(C)(C)[C@H](Oc6cc(C)c(C#N)c(C)c6)C5(C)C)cc4)CC3)CC2)nc1. The number of anilines is 2. The van der Waals surface area contributed by atoms with Crippen molar-refractivity contribution in [3.05, 3.63) is 82.5 Å². The number of carbonyl (C=O) groups excluding carboxylic acids is 2. The predicted octanol–water partition coefficient (Wildman–Crippen LogP) is 6.01. The Hall–Kier alpha value is -4.62. The number of esters is 1. The van der Waals surface area contributed by atoms with Crippen molar-refractivity contribution in [2.75, 3.05) is 62.7 Å². The van der Waals surface area contributed by atoms with E-state index < -0.39 is 0 Å². The molecule has 6 rings (SSSR count). The zero-order valence-corrected chi connectivity index (χ0v) is 31.2. The van der Waals surface area contributed by atoms with Gasteiger partial charge in [0.05, 0.1) is 24.3 Å². The van der Waals surface area contributed by atoms with E-state index in [1.54, 1.807) is 12.3 Å². The second-order valence-electron chi connectivity index (χ2n) is 15.8. The van der Waals surface area contributed by atoms with Crippen LogP contribution in [0.25, 0.3) is 0 Å². The van der Waals surface area contributed by atoms with Crippen LogP contribution in [0.2, 0.25) is 0 Å². The molecule has 0 unspecified atom stereocenters. The monoisotopic (exact) mass is 692 g/mol. The highest BCUT2D eigenvalue weighted by atomic mass is 16.5. The predicted molar refractivity (Wildman–Crippen MR) is 199 cm³/mol. The van der Waals surface area contributed by atoms with Crippen molar-refractivity contribution in [2.24, 2.45) is 16.7 Å². The Balaban J connectivity index is 0.960. The van der Waals surface area contributed by atoms with Gasteiger partial charge in [-0.05, 0) is 92.3 Å². The number of piperazine rings is 1. The number of ether oxygens (including phenoxy) is 2. The summed E-state index contributed by atoms with van der Waals surface area (Å²) < 4.78 is 11.3. The molecule has 3 fully saturated rings. The summed E-state index contributed by atoms with van der Waals surface area (Å²) in [5.41, 5.74) is 4.23. The molecule has 270 valence electrons. The van der Waals surface area contributed by atoms with Crippen LogP contribution in [0.3, 0.4) is 0 Å². The lowest BCUT2D eigenvalue weighted by Gasteiger charge is -2.63. The zero-order valence-electron chi connectivity index (χ0n) is 31.2. The van der Waals surface area contributed by atoms with Crippen LogP contribution >= 0.6 is 0 Å². The lowest BCUT2D eigenvalue weighted by molar-refractivity contribution is -0.164. The highest BCUT2D eigenvalue weighted by Crippen LogP contribution is 2.55. The summed E-state index contributed by atoms with van der Waals surface area (Å²) in [4.78, 5) is 37.0. The lowest BCUT2D eigenvalue weighted by Crippen LogP contribution is -2.74. The number of benzene rings is 2. The van der Waals surface area contributed by atoms with Gasteiger partial charge in [-0.25, -0.2) is 9.78 Å². The number of amides is 1. The maximum Gasteiger partial charge on any atom is 0.339 e. The molecule has 2 aromatic carbocycles. The van der Waals surface area contributed by atoms with E-state index in [4.69, 9.17) is 9.47 Å². The molecule has 0 bridgehead atoms. The van der Waals surface area contributed by atoms with E-state index in [-0.39, 0.29) is 34.9 Å². The molecule has 0 atom stereocenters. The third kappa shape index (κ3) is 7.41. The highest BCUT2D eigenvalue weighted by molar-refractivity contribution is 5.95. The molecule has 1 saturated carbocycles. The molecule has 10 nitrogen and oxygen atoms in total. The van der Waals surface area contributed by atoms with Crippen LogP contribution in [0.5, 0.6) is 5.75 Å². The van der Waals surface area contributed by atoms with Crippen molar-refractivity contribution in [1.29, 1.82) is 5.26 Å². The Morgan fingerprint density at radius 1 is 0.882 bits per heavy atom. The Bertz CT molecular complexity index is 1730. The van der Waals surface area contributed by atoms with Gasteiger partial charge in [0.2, 0.25) is 0 Å². The molecule has 2 aliphatic heterocycles. The van der Waals surface area contributed by atoms with Crippen LogP contribution in [-0.2, 0) is 4.74 Å². The van der Waals surface area contributed by atoms with Crippen molar-refractivity contribution >= 4 is 23.4 Å². The van der Waals surface area contributed by atoms with Gasteiger partial charge in [-0.2, -0.15) is 5.26 Å². The maximum atomic E-state index is 13.5. The van der Waals surface area contributed by atoms with E-state index in [2.05, 4.69) is 70.9 Å². The Labute approximate surface area is 302 Å². The normalized spacial score (nSPS) is 21.7. The smallest absolute Gasteiger partial charge is 0.339 e. The second kappa shape index (κ2) is 14.5. The average Bonchev–Trinajstić information content (AvgIpc) is 3.13. The summed E-state index contributed by atoms with van der Waals surface area (Å²) in [6.45, 7) is 19.5. The molecule has 10 heteroatoms. The summed E-state index contributed by atoms with van der Waals surface area (Å²) in [6.07, 6.45) is 3.78. The van der Waals surface area contributed by atoms with E-state index in [0.717, 1.165) is 87.0 Å².